The fourth-order valence-electron chi connectivity index (χ4n) is 2.98. The van der Waals surface area contributed by atoms with E-state index in [4.69, 9.17) is 16.6 Å². The first-order chi connectivity index (χ1) is 9.49. The lowest BCUT2D eigenvalue weighted by Gasteiger charge is -2.26. The van der Waals surface area contributed by atoms with E-state index < -0.39 is 0 Å². The number of aromatic nitrogens is 2. The van der Waals surface area contributed by atoms with Gasteiger partial charge in [-0.05, 0) is 38.0 Å². The van der Waals surface area contributed by atoms with Gasteiger partial charge in [-0.1, -0.05) is 42.6 Å². The number of nitrogens with zero attached hydrogens (tertiary/aromatic N) is 2. The largest absolute Gasteiger partial charge is 0.324 e. The zero-order valence-corrected chi connectivity index (χ0v) is 14.9. The molecule has 0 aliphatic rings. The first-order valence-corrected chi connectivity index (χ1v) is 8.53. The van der Waals surface area contributed by atoms with Crippen molar-refractivity contribution in [2.75, 3.05) is 0 Å². The summed E-state index contributed by atoms with van der Waals surface area (Å²) in [6.45, 7) is 8.78. The monoisotopic (exact) mass is 356 g/mol. The van der Waals surface area contributed by atoms with Crippen LogP contribution in [0.5, 0.6) is 0 Å². The highest BCUT2D eigenvalue weighted by atomic mass is 79.9. The third-order valence-electron chi connectivity index (χ3n) is 4.17. The fraction of sp³-hybridized carbons (Fsp3) is 0.562. The number of imidazole rings is 1. The lowest BCUT2D eigenvalue weighted by molar-refractivity contribution is 0.332. The van der Waals surface area contributed by atoms with E-state index in [0.717, 1.165) is 15.8 Å². The van der Waals surface area contributed by atoms with Gasteiger partial charge in [-0.15, -0.1) is 11.6 Å². The number of fused-ring (bicyclic) bond motifs is 1. The highest BCUT2D eigenvalue weighted by Gasteiger charge is 2.23. The second-order valence-electron chi connectivity index (χ2n) is 5.41. The van der Waals surface area contributed by atoms with Crippen LogP contribution >= 0.6 is 27.5 Å². The van der Waals surface area contributed by atoms with E-state index in [1.807, 2.05) is 13.0 Å². The molecule has 0 radical (unpaired) electrons. The standard InChI is InChI=1S/C16H22BrClN2/c1-5-12(6-2)11(4)20-15-9-13(17)7-8-14(15)19-16(20)10(3)18/h7-12H,5-6H2,1-4H3. The molecule has 0 amide bonds. The summed E-state index contributed by atoms with van der Waals surface area (Å²) >= 11 is 9.92. The Labute approximate surface area is 134 Å². The molecule has 20 heavy (non-hydrogen) atoms. The molecule has 2 unspecified atom stereocenters. The van der Waals surface area contributed by atoms with Gasteiger partial charge in [-0.3, -0.25) is 0 Å². The minimum Gasteiger partial charge on any atom is -0.324 e. The van der Waals surface area contributed by atoms with Crippen molar-refractivity contribution in [2.24, 2.45) is 5.92 Å². The summed E-state index contributed by atoms with van der Waals surface area (Å²) in [6, 6.07) is 6.63. The van der Waals surface area contributed by atoms with Crippen molar-refractivity contribution in [3.05, 3.63) is 28.5 Å². The Morgan fingerprint density at radius 2 is 1.90 bits per heavy atom. The van der Waals surface area contributed by atoms with Crippen LogP contribution in [0.15, 0.2) is 22.7 Å². The predicted octanol–water partition coefficient (Wildman–Crippen LogP) is 6.10. The molecule has 0 saturated heterocycles. The molecule has 0 saturated carbocycles. The van der Waals surface area contributed by atoms with Crippen molar-refractivity contribution >= 4 is 38.6 Å². The van der Waals surface area contributed by atoms with Crippen LogP contribution in [0.3, 0.4) is 0 Å². The molecular weight excluding hydrogens is 336 g/mol. The van der Waals surface area contributed by atoms with E-state index in [2.05, 4.69) is 53.4 Å². The summed E-state index contributed by atoms with van der Waals surface area (Å²) in [7, 11) is 0. The number of alkyl halides is 1. The van der Waals surface area contributed by atoms with Gasteiger partial charge in [0.1, 0.15) is 5.82 Å². The van der Waals surface area contributed by atoms with E-state index in [-0.39, 0.29) is 5.38 Å². The van der Waals surface area contributed by atoms with Crippen LogP contribution in [0.4, 0.5) is 0 Å². The molecule has 0 fully saturated rings. The van der Waals surface area contributed by atoms with Crippen LogP contribution in [0.25, 0.3) is 11.0 Å². The smallest absolute Gasteiger partial charge is 0.127 e. The SMILES string of the molecule is CCC(CC)C(C)n1c(C(C)Cl)nc2ccc(Br)cc21. The lowest BCUT2D eigenvalue weighted by Crippen LogP contribution is -2.18. The molecule has 1 aromatic carbocycles. The molecule has 2 nitrogen and oxygen atoms in total. The summed E-state index contributed by atoms with van der Waals surface area (Å²) < 4.78 is 3.41. The Hall–Kier alpha value is -0.540. The van der Waals surface area contributed by atoms with Crippen LogP contribution in [-0.2, 0) is 0 Å². The first kappa shape index (κ1) is 15.8. The van der Waals surface area contributed by atoms with E-state index >= 15 is 0 Å². The Morgan fingerprint density at radius 3 is 2.45 bits per heavy atom. The second-order valence-corrected chi connectivity index (χ2v) is 6.98. The molecule has 0 aliphatic heterocycles. The van der Waals surface area contributed by atoms with Gasteiger partial charge < -0.3 is 4.57 Å². The van der Waals surface area contributed by atoms with Gasteiger partial charge in [0.2, 0.25) is 0 Å². The van der Waals surface area contributed by atoms with Gasteiger partial charge >= 0.3 is 0 Å². The third kappa shape index (κ3) is 2.89. The average Bonchev–Trinajstić information content (AvgIpc) is 2.78. The molecule has 2 rings (SSSR count). The van der Waals surface area contributed by atoms with Crippen molar-refractivity contribution in [2.45, 2.75) is 52.0 Å². The minimum absolute atomic E-state index is 0.0852. The molecule has 0 N–H and O–H groups in total. The quantitative estimate of drug-likeness (QED) is 0.591. The molecule has 2 aromatic rings. The van der Waals surface area contributed by atoms with Crippen molar-refractivity contribution in [3.8, 4) is 0 Å². The Kier molecular flexibility index (Phi) is 5.14. The van der Waals surface area contributed by atoms with Gasteiger partial charge in [-0.25, -0.2) is 4.98 Å². The summed E-state index contributed by atoms with van der Waals surface area (Å²) in [6.07, 6.45) is 2.34. The van der Waals surface area contributed by atoms with Crippen LogP contribution in [0, 0.1) is 5.92 Å². The molecule has 0 spiro atoms. The highest BCUT2D eigenvalue weighted by molar-refractivity contribution is 9.10. The van der Waals surface area contributed by atoms with Crippen molar-refractivity contribution in [1.29, 1.82) is 0 Å². The Balaban J connectivity index is 2.64. The zero-order chi connectivity index (χ0) is 14.9. The molecule has 110 valence electrons. The molecule has 2 atom stereocenters. The lowest BCUT2D eigenvalue weighted by atomic mass is 9.95. The molecule has 4 heteroatoms. The third-order valence-corrected chi connectivity index (χ3v) is 4.86. The zero-order valence-electron chi connectivity index (χ0n) is 12.5. The molecule has 0 bridgehead atoms. The van der Waals surface area contributed by atoms with Gasteiger partial charge in [-0.2, -0.15) is 0 Å². The van der Waals surface area contributed by atoms with E-state index in [9.17, 15) is 0 Å². The molecular formula is C16H22BrClN2. The topological polar surface area (TPSA) is 17.8 Å². The van der Waals surface area contributed by atoms with E-state index in [1.54, 1.807) is 0 Å². The Morgan fingerprint density at radius 1 is 1.25 bits per heavy atom. The normalized spacial score (nSPS) is 14.9. The number of hydrogen-bond acceptors (Lipinski definition) is 1. The van der Waals surface area contributed by atoms with Crippen molar-refractivity contribution < 1.29 is 0 Å². The van der Waals surface area contributed by atoms with Crippen LogP contribution in [0.2, 0.25) is 0 Å². The molecule has 0 aliphatic carbocycles. The number of hydrogen-bond donors (Lipinski definition) is 0. The molecule has 1 aromatic heterocycles. The van der Waals surface area contributed by atoms with Gasteiger partial charge in [0.05, 0.1) is 16.4 Å². The number of benzene rings is 1. The van der Waals surface area contributed by atoms with Gasteiger partial charge in [0.15, 0.2) is 0 Å². The average molecular weight is 358 g/mol. The first-order valence-electron chi connectivity index (χ1n) is 7.31. The van der Waals surface area contributed by atoms with E-state index in [1.165, 1.54) is 18.4 Å². The highest BCUT2D eigenvalue weighted by Crippen LogP contribution is 2.34. The van der Waals surface area contributed by atoms with E-state index in [0.29, 0.717) is 12.0 Å². The fourth-order valence-corrected chi connectivity index (χ4v) is 3.48. The summed E-state index contributed by atoms with van der Waals surface area (Å²) in [5, 5.41) is -0.0852. The number of halogens is 2. The summed E-state index contributed by atoms with van der Waals surface area (Å²) in [5.41, 5.74) is 2.19. The van der Waals surface area contributed by atoms with Gasteiger partial charge in [0.25, 0.3) is 0 Å². The predicted molar refractivity (Wildman–Crippen MR) is 90.5 cm³/mol. The van der Waals surface area contributed by atoms with Crippen LogP contribution in [-0.4, -0.2) is 9.55 Å². The summed E-state index contributed by atoms with van der Waals surface area (Å²) in [5.74, 6) is 1.61. The van der Waals surface area contributed by atoms with Gasteiger partial charge in [0, 0.05) is 10.5 Å². The maximum absolute atomic E-state index is 6.36. The summed E-state index contributed by atoms with van der Waals surface area (Å²) in [4.78, 5) is 4.74. The number of rotatable bonds is 5. The minimum atomic E-state index is -0.0852. The maximum Gasteiger partial charge on any atom is 0.127 e. The van der Waals surface area contributed by atoms with Crippen LogP contribution in [0.1, 0.15) is 57.8 Å². The van der Waals surface area contributed by atoms with Crippen LogP contribution < -0.4 is 0 Å². The van der Waals surface area contributed by atoms with Crippen molar-refractivity contribution in [3.63, 3.8) is 0 Å². The second kappa shape index (κ2) is 6.48. The maximum atomic E-state index is 6.36. The Bertz CT molecular complexity index is 587. The van der Waals surface area contributed by atoms with Crippen molar-refractivity contribution in [1.82, 2.24) is 9.55 Å². The molecule has 1 heterocycles.